The predicted molar refractivity (Wildman–Crippen MR) is 81.3 cm³/mol. The zero-order chi connectivity index (χ0) is 14.8. The molecule has 0 aromatic heterocycles. The quantitative estimate of drug-likeness (QED) is 0.551. The van der Waals surface area contributed by atoms with Crippen molar-refractivity contribution >= 4 is 22.6 Å². The van der Waals surface area contributed by atoms with Gasteiger partial charge in [-0.3, -0.25) is 0 Å². The lowest BCUT2D eigenvalue weighted by atomic mass is 9.94. The van der Waals surface area contributed by atoms with E-state index in [0.29, 0.717) is 29.3 Å². The Hall–Kier alpha value is -0.310. The van der Waals surface area contributed by atoms with Crippen LogP contribution in [0.25, 0.3) is 0 Å². The molecule has 3 nitrogen and oxygen atoms in total. The molecule has 0 radical (unpaired) electrons. The Balaban J connectivity index is 1.56. The van der Waals surface area contributed by atoms with Gasteiger partial charge in [0.25, 0.3) is 0 Å². The van der Waals surface area contributed by atoms with Crippen molar-refractivity contribution in [3.05, 3.63) is 35.4 Å². The Morgan fingerprint density at radius 3 is 2.33 bits per heavy atom. The van der Waals surface area contributed by atoms with Crippen LogP contribution in [-0.2, 0) is 14.2 Å². The van der Waals surface area contributed by atoms with Gasteiger partial charge in [0.2, 0.25) is 0 Å². The Labute approximate surface area is 136 Å². The van der Waals surface area contributed by atoms with Crippen molar-refractivity contribution in [3.63, 3.8) is 0 Å². The molecule has 2 aliphatic rings. The van der Waals surface area contributed by atoms with Crippen molar-refractivity contribution in [1.29, 1.82) is 0 Å². The normalized spacial score (nSPS) is 33.9. The minimum Gasteiger partial charge on any atom is -0.373 e. The predicted octanol–water partition coefficient (Wildman–Crippen LogP) is 3.61. The zero-order valence-corrected chi connectivity index (χ0v) is 13.6. The lowest BCUT2D eigenvalue weighted by Crippen LogP contribution is -2.40. The van der Waals surface area contributed by atoms with E-state index in [1.54, 1.807) is 6.07 Å². The molecule has 0 amide bonds. The van der Waals surface area contributed by atoms with Gasteiger partial charge in [-0.05, 0) is 30.5 Å². The Morgan fingerprint density at radius 2 is 1.71 bits per heavy atom. The van der Waals surface area contributed by atoms with Crippen molar-refractivity contribution in [2.45, 2.75) is 29.2 Å². The molecule has 1 aromatic carbocycles. The van der Waals surface area contributed by atoms with E-state index < -0.39 is 11.6 Å². The molecule has 0 spiro atoms. The van der Waals surface area contributed by atoms with Crippen LogP contribution in [0.2, 0.25) is 0 Å². The van der Waals surface area contributed by atoms with Gasteiger partial charge >= 0.3 is 0 Å². The molecule has 2 atom stereocenters. The van der Waals surface area contributed by atoms with E-state index >= 15 is 0 Å². The molecule has 2 heterocycles. The van der Waals surface area contributed by atoms with Crippen molar-refractivity contribution in [1.82, 2.24) is 0 Å². The number of benzene rings is 1. The summed E-state index contributed by atoms with van der Waals surface area (Å²) in [5.41, 5.74) is 0.685. The summed E-state index contributed by atoms with van der Waals surface area (Å²) >= 11 is 2.31. The number of alkyl halides is 1. The molecular formula is C15H17F2IO3. The summed E-state index contributed by atoms with van der Waals surface area (Å²) in [5, 5.41) is 0. The van der Waals surface area contributed by atoms with Crippen LogP contribution in [0.4, 0.5) is 8.78 Å². The van der Waals surface area contributed by atoms with Crippen molar-refractivity contribution in [2.24, 2.45) is 5.92 Å². The van der Waals surface area contributed by atoms with Crippen LogP contribution in [0.5, 0.6) is 0 Å². The Bertz CT molecular complexity index is 484. The van der Waals surface area contributed by atoms with Crippen LogP contribution in [-0.4, -0.2) is 30.0 Å². The zero-order valence-electron chi connectivity index (χ0n) is 11.4. The van der Waals surface area contributed by atoms with Gasteiger partial charge in [0, 0.05) is 5.92 Å². The number of ether oxygens (including phenoxy) is 3. The monoisotopic (exact) mass is 410 g/mol. The molecule has 3 rings (SSSR count). The summed E-state index contributed by atoms with van der Waals surface area (Å²) in [6.07, 6.45) is 1.26. The fourth-order valence-electron chi connectivity index (χ4n) is 2.73. The molecule has 116 valence electrons. The lowest BCUT2D eigenvalue weighted by Gasteiger charge is -2.36. The molecule has 0 saturated carbocycles. The second-order valence-electron chi connectivity index (χ2n) is 5.47. The first kappa shape index (κ1) is 15.6. The van der Waals surface area contributed by atoms with Crippen molar-refractivity contribution < 1.29 is 23.0 Å². The third-order valence-electron chi connectivity index (χ3n) is 3.89. The van der Waals surface area contributed by atoms with E-state index in [0.717, 1.165) is 18.9 Å². The highest BCUT2D eigenvalue weighted by Crippen LogP contribution is 2.34. The average Bonchev–Trinajstić information content (AvgIpc) is 2.51. The maximum atomic E-state index is 13.3. The molecule has 0 N–H and O–H groups in total. The van der Waals surface area contributed by atoms with Gasteiger partial charge in [-0.1, -0.05) is 28.7 Å². The van der Waals surface area contributed by atoms with Crippen LogP contribution < -0.4 is 0 Å². The Morgan fingerprint density at radius 1 is 0.952 bits per heavy atom. The molecule has 2 saturated heterocycles. The third kappa shape index (κ3) is 3.72. The summed E-state index contributed by atoms with van der Waals surface area (Å²) in [4.78, 5) is 0. The molecule has 0 aliphatic carbocycles. The largest absolute Gasteiger partial charge is 0.373 e. The molecule has 1 aromatic rings. The summed E-state index contributed by atoms with van der Waals surface area (Å²) < 4.78 is 43.8. The highest BCUT2D eigenvalue weighted by Gasteiger charge is 2.33. The number of rotatable bonds is 2. The van der Waals surface area contributed by atoms with Crippen LogP contribution >= 0.6 is 22.6 Å². The van der Waals surface area contributed by atoms with Gasteiger partial charge in [-0.2, -0.15) is 0 Å². The van der Waals surface area contributed by atoms with E-state index in [4.69, 9.17) is 14.2 Å². The van der Waals surface area contributed by atoms with Crippen LogP contribution in [0.15, 0.2) is 18.2 Å². The molecule has 2 fully saturated rings. The molecule has 0 bridgehead atoms. The second-order valence-corrected chi connectivity index (χ2v) is 7.23. The van der Waals surface area contributed by atoms with Crippen LogP contribution in [0.3, 0.4) is 0 Å². The number of hydrogen-bond donors (Lipinski definition) is 0. The first-order chi connectivity index (χ1) is 10.1. The summed E-state index contributed by atoms with van der Waals surface area (Å²) in [7, 11) is 0. The van der Waals surface area contributed by atoms with Gasteiger partial charge in [0.15, 0.2) is 17.9 Å². The fraction of sp³-hybridized carbons (Fsp3) is 0.600. The van der Waals surface area contributed by atoms with Gasteiger partial charge in [0.05, 0.1) is 29.8 Å². The maximum absolute atomic E-state index is 13.3. The third-order valence-corrected chi connectivity index (χ3v) is 4.61. The second kappa shape index (κ2) is 6.85. The van der Waals surface area contributed by atoms with E-state index in [1.165, 1.54) is 6.07 Å². The van der Waals surface area contributed by atoms with E-state index in [2.05, 4.69) is 22.6 Å². The molecule has 2 unspecified atom stereocenters. The standard InChI is InChI=1S/C15H17F2IO3/c16-12-3-1-9(5-13(12)17)14-4-2-10(6-19-14)15-20-7-11(18)8-21-15/h1,3,5,10-11,14-15H,2,4,6-8H2. The molecule has 21 heavy (non-hydrogen) atoms. The van der Waals surface area contributed by atoms with Gasteiger partial charge < -0.3 is 14.2 Å². The SMILES string of the molecule is Fc1ccc(C2CCC(C3OCC(I)CO3)CO2)cc1F. The Kier molecular flexibility index (Phi) is 5.08. The highest BCUT2D eigenvalue weighted by molar-refractivity contribution is 14.1. The first-order valence-corrected chi connectivity index (χ1v) is 8.32. The lowest BCUT2D eigenvalue weighted by molar-refractivity contribution is -0.221. The van der Waals surface area contributed by atoms with Crippen LogP contribution in [0, 0.1) is 17.6 Å². The maximum Gasteiger partial charge on any atom is 0.162 e. The summed E-state index contributed by atoms with van der Waals surface area (Å²) in [5.74, 6) is -1.45. The minimum atomic E-state index is -0.829. The van der Waals surface area contributed by atoms with Crippen LogP contribution in [0.1, 0.15) is 24.5 Å². The van der Waals surface area contributed by atoms with E-state index in [1.807, 2.05) is 0 Å². The number of halogens is 3. The number of hydrogen-bond acceptors (Lipinski definition) is 3. The fourth-order valence-corrected chi connectivity index (χ4v) is 3.14. The van der Waals surface area contributed by atoms with Gasteiger partial charge in [-0.15, -0.1) is 0 Å². The molecule has 2 aliphatic heterocycles. The smallest absolute Gasteiger partial charge is 0.162 e. The van der Waals surface area contributed by atoms with Crippen molar-refractivity contribution in [3.8, 4) is 0 Å². The van der Waals surface area contributed by atoms with Crippen molar-refractivity contribution in [2.75, 3.05) is 19.8 Å². The minimum absolute atomic E-state index is 0.183. The van der Waals surface area contributed by atoms with E-state index in [-0.39, 0.29) is 18.3 Å². The first-order valence-electron chi connectivity index (χ1n) is 7.07. The molecule has 6 heteroatoms. The van der Waals surface area contributed by atoms with Gasteiger partial charge in [0.1, 0.15) is 0 Å². The van der Waals surface area contributed by atoms with E-state index in [9.17, 15) is 8.78 Å². The molecular weight excluding hydrogens is 393 g/mol. The average molecular weight is 410 g/mol. The van der Waals surface area contributed by atoms with Gasteiger partial charge in [-0.25, -0.2) is 8.78 Å². The summed E-state index contributed by atoms with van der Waals surface area (Å²) in [6.45, 7) is 1.92. The summed E-state index contributed by atoms with van der Waals surface area (Å²) in [6, 6.07) is 3.94. The highest BCUT2D eigenvalue weighted by atomic mass is 127. The topological polar surface area (TPSA) is 27.7 Å².